The summed E-state index contributed by atoms with van der Waals surface area (Å²) in [5, 5.41) is 0. The van der Waals surface area contributed by atoms with Crippen LogP contribution in [0.4, 0.5) is 0 Å². The van der Waals surface area contributed by atoms with Gasteiger partial charge in [0.15, 0.2) is 0 Å². The van der Waals surface area contributed by atoms with E-state index in [0.717, 1.165) is 18.4 Å². The minimum absolute atomic E-state index is 0.0614. The number of likely N-dealkylation sites (N-methyl/N-ethyl adjacent to an activating group) is 1. The number of benzene rings is 1. The van der Waals surface area contributed by atoms with Crippen molar-refractivity contribution in [3.05, 3.63) is 35.9 Å². The number of amides is 1. The number of nitrogens with two attached hydrogens (primary N) is 1. The van der Waals surface area contributed by atoms with Crippen LogP contribution in [0.2, 0.25) is 0 Å². The normalized spacial score (nSPS) is 16.9. The van der Waals surface area contributed by atoms with E-state index in [9.17, 15) is 4.79 Å². The number of rotatable bonds is 4. The van der Waals surface area contributed by atoms with Crippen molar-refractivity contribution in [2.24, 2.45) is 5.73 Å². The average molecular weight is 218 g/mol. The number of hydrogen-bond donors (Lipinski definition) is 1. The van der Waals surface area contributed by atoms with E-state index in [2.05, 4.69) is 0 Å². The van der Waals surface area contributed by atoms with Gasteiger partial charge in [0.1, 0.15) is 0 Å². The number of hydrogen-bond acceptors (Lipinski definition) is 2. The van der Waals surface area contributed by atoms with E-state index in [4.69, 9.17) is 5.73 Å². The summed E-state index contributed by atoms with van der Waals surface area (Å²) in [6, 6.07) is 9.94. The van der Waals surface area contributed by atoms with Crippen LogP contribution in [0.25, 0.3) is 0 Å². The van der Waals surface area contributed by atoms with Gasteiger partial charge in [-0.3, -0.25) is 4.79 Å². The van der Waals surface area contributed by atoms with Crippen molar-refractivity contribution < 1.29 is 4.79 Å². The Morgan fingerprint density at radius 3 is 2.62 bits per heavy atom. The summed E-state index contributed by atoms with van der Waals surface area (Å²) in [5.74, 6) is 0.0614. The number of carbonyl (C=O) groups excluding carboxylic acids is 1. The van der Waals surface area contributed by atoms with Crippen molar-refractivity contribution in [2.45, 2.75) is 31.3 Å². The second kappa shape index (κ2) is 4.66. The Morgan fingerprint density at radius 2 is 2.06 bits per heavy atom. The zero-order chi connectivity index (χ0) is 11.5. The maximum Gasteiger partial charge on any atom is 0.239 e. The zero-order valence-corrected chi connectivity index (χ0v) is 9.60. The van der Waals surface area contributed by atoms with Crippen LogP contribution < -0.4 is 5.73 Å². The SMILES string of the molecule is CN(C(=O)[C@H](N)Cc1ccccc1)C1CC1. The Balaban J connectivity index is 1.92. The van der Waals surface area contributed by atoms with Gasteiger partial charge in [0, 0.05) is 13.1 Å². The molecular weight excluding hydrogens is 200 g/mol. The Kier molecular flexibility index (Phi) is 3.25. The minimum atomic E-state index is -0.409. The van der Waals surface area contributed by atoms with Crippen molar-refractivity contribution in [1.29, 1.82) is 0 Å². The van der Waals surface area contributed by atoms with Gasteiger partial charge in [-0.2, -0.15) is 0 Å². The van der Waals surface area contributed by atoms with Gasteiger partial charge in [-0.05, 0) is 24.8 Å². The Bertz CT molecular complexity index is 359. The lowest BCUT2D eigenvalue weighted by atomic mass is 10.1. The van der Waals surface area contributed by atoms with Gasteiger partial charge in [-0.1, -0.05) is 30.3 Å². The van der Waals surface area contributed by atoms with Crippen molar-refractivity contribution in [3.63, 3.8) is 0 Å². The molecule has 2 N–H and O–H groups in total. The molecule has 0 bridgehead atoms. The molecule has 1 aromatic carbocycles. The third-order valence-electron chi connectivity index (χ3n) is 3.06. The molecule has 16 heavy (non-hydrogen) atoms. The monoisotopic (exact) mass is 218 g/mol. The van der Waals surface area contributed by atoms with E-state index in [-0.39, 0.29) is 5.91 Å². The van der Waals surface area contributed by atoms with E-state index in [1.165, 1.54) is 0 Å². The van der Waals surface area contributed by atoms with Gasteiger partial charge in [0.25, 0.3) is 0 Å². The lowest BCUT2D eigenvalue weighted by Crippen LogP contribution is -2.44. The average Bonchev–Trinajstić information content (AvgIpc) is 3.12. The molecule has 1 fully saturated rings. The fraction of sp³-hybridized carbons (Fsp3) is 0.462. The van der Waals surface area contributed by atoms with Crippen LogP contribution in [-0.2, 0) is 11.2 Å². The molecule has 0 spiro atoms. The van der Waals surface area contributed by atoms with E-state index in [0.29, 0.717) is 12.5 Å². The maximum atomic E-state index is 11.9. The molecule has 3 nitrogen and oxygen atoms in total. The molecule has 0 unspecified atom stereocenters. The van der Waals surface area contributed by atoms with Crippen LogP contribution in [0.5, 0.6) is 0 Å². The molecule has 0 saturated heterocycles. The van der Waals surface area contributed by atoms with Crippen molar-refractivity contribution in [2.75, 3.05) is 7.05 Å². The largest absolute Gasteiger partial charge is 0.341 e. The summed E-state index contributed by atoms with van der Waals surface area (Å²) in [6.07, 6.45) is 2.87. The van der Waals surface area contributed by atoms with Crippen molar-refractivity contribution in [3.8, 4) is 0 Å². The molecule has 1 saturated carbocycles. The van der Waals surface area contributed by atoms with Gasteiger partial charge in [-0.25, -0.2) is 0 Å². The van der Waals surface area contributed by atoms with E-state index >= 15 is 0 Å². The first kappa shape index (κ1) is 11.1. The summed E-state index contributed by atoms with van der Waals surface area (Å²) in [7, 11) is 1.85. The smallest absolute Gasteiger partial charge is 0.239 e. The Hall–Kier alpha value is -1.35. The summed E-state index contributed by atoms with van der Waals surface area (Å²) in [5.41, 5.74) is 7.04. The van der Waals surface area contributed by atoms with Crippen LogP contribution in [-0.4, -0.2) is 29.9 Å². The third kappa shape index (κ3) is 2.61. The fourth-order valence-corrected chi connectivity index (χ4v) is 1.86. The van der Waals surface area contributed by atoms with Crippen molar-refractivity contribution >= 4 is 5.91 Å². The Labute approximate surface area is 96.2 Å². The lowest BCUT2D eigenvalue weighted by Gasteiger charge is -2.20. The molecule has 0 aromatic heterocycles. The second-order valence-corrected chi connectivity index (χ2v) is 4.48. The van der Waals surface area contributed by atoms with Crippen LogP contribution in [0.15, 0.2) is 30.3 Å². The fourth-order valence-electron chi connectivity index (χ4n) is 1.86. The molecule has 1 aliphatic carbocycles. The third-order valence-corrected chi connectivity index (χ3v) is 3.06. The molecule has 2 rings (SSSR count). The van der Waals surface area contributed by atoms with Gasteiger partial charge >= 0.3 is 0 Å². The first-order valence-corrected chi connectivity index (χ1v) is 5.74. The highest BCUT2D eigenvalue weighted by atomic mass is 16.2. The highest BCUT2D eigenvalue weighted by molar-refractivity contribution is 5.82. The molecule has 86 valence electrons. The summed E-state index contributed by atoms with van der Waals surface area (Å²) >= 11 is 0. The Morgan fingerprint density at radius 1 is 1.44 bits per heavy atom. The quantitative estimate of drug-likeness (QED) is 0.824. The first-order valence-electron chi connectivity index (χ1n) is 5.74. The van der Waals surface area contributed by atoms with Gasteiger partial charge < -0.3 is 10.6 Å². The molecule has 0 aliphatic heterocycles. The molecule has 1 aliphatic rings. The van der Waals surface area contributed by atoms with E-state index < -0.39 is 6.04 Å². The van der Waals surface area contributed by atoms with Gasteiger partial charge in [0.2, 0.25) is 5.91 Å². The van der Waals surface area contributed by atoms with Gasteiger partial charge in [-0.15, -0.1) is 0 Å². The molecule has 1 amide bonds. The lowest BCUT2D eigenvalue weighted by molar-refractivity contribution is -0.131. The molecule has 0 heterocycles. The minimum Gasteiger partial charge on any atom is -0.341 e. The van der Waals surface area contributed by atoms with Crippen LogP contribution in [0.3, 0.4) is 0 Å². The van der Waals surface area contributed by atoms with Crippen LogP contribution in [0.1, 0.15) is 18.4 Å². The molecular formula is C13H18N2O. The van der Waals surface area contributed by atoms with Gasteiger partial charge in [0.05, 0.1) is 6.04 Å². The molecule has 1 aromatic rings. The summed E-state index contributed by atoms with van der Waals surface area (Å²) in [4.78, 5) is 13.7. The number of nitrogens with zero attached hydrogens (tertiary/aromatic N) is 1. The summed E-state index contributed by atoms with van der Waals surface area (Å²) in [6.45, 7) is 0. The predicted octanol–water partition coefficient (Wildman–Crippen LogP) is 1.18. The van der Waals surface area contributed by atoms with Crippen LogP contribution >= 0.6 is 0 Å². The zero-order valence-electron chi connectivity index (χ0n) is 9.60. The first-order chi connectivity index (χ1) is 7.68. The maximum absolute atomic E-state index is 11.9. The second-order valence-electron chi connectivity index (χ2n) is 4.48. The highest BCUT2D eigenvalue weighted by Crippen LogP contribution is 2.25. The molecule has 3 heteroatoms. The van der Waals surface area contributed by atoms with E-state index in [1.807, 2.05) is 37.4 Å². The predicted molar refractivity (Wildman–Crippen MR) is 63.9 cm³/mol. The molecule has 0 radical (unpaired) electrons. The van der Waals surface area contributed by atoms with Crippen molar-refractivity contribution in [1.82, 2.24) is 4.90 Å². The summed E-state index contributed by atoms with van der Waals surface area (Å²) < 4.78 is 0. The van der Waals surface area contributed by atoms with E-state index in [1.54, 1.807) is 4.90 Å². The topological polar surface area (TPSA) is 46.3 Å². The number of carbonyl (C=O) groups is 1. The van der Waals surface area contributed by atoms with Crippen LogP contribution in [0, 0.1) is 0 Å². The standard InChI is InChI=1S/C13H18N2O/c1-15(11-7-8-11)13(16)12(14)9-10-5-3-2-4-6-10/h2-6,11-12H,7-9,14H2,1H3/t12-/m1/s1. The molecule has 1 atom stereocenters. The highest BCUT2D eigenvalue weighted by Gasteiger charge is 2.31.